The zero-order chi connectivity index (χ0) is 19.2. The maximum Gasteiger partial charge on any atom is 0.0883 e. The van der Waals surface area contributed by atoms with E-state index in [-0.39, 0.29) is 0 Å². The van der Waals surface area contributed by atoms with Crippen molar-refractivity contribution >= 4 is 15.9 Å². The third-order valence-corrected chi connectivity index (χ3v) is 10.7. The fraction of sp³-hybridized carbons (Fsp3) is 1.00. The van der Waals surface area contributed by atoms with Crippen molar-refractivity contribution < 1.29 is 9.84 Å². The highest BCUT2D eigenvalue weighted by Gasteiger charge is 2.58. The Balaban J connectivity index is 1.46. The minimum atomic E-state index is -0.545. The highest BCUT2D eigenvalue weighted by Crippen LogP contribution is 2.65. The lowest BCUT2D eigenvalue weighted by Crippen LogP contribution is -2.52. The topological polar surface area (TPSA) is 29.5 Å². The minimum Gasteiger partial charge on any atom is -0.387 e. The van der Waals surface area contributed by atoms with E-state index in [0.29, 0.717) is 12.0 Å². The molecule has 0 aromatic carbocycles. The van der Waals surface area contributed by atoms with E-state index in [4.69, 9.17) is 4.74 Å². The summed E-state index contributed by atoms with van der Waals surface area (Å²) in [5, 5.41) is 12.2. The third-order valence-electron chi connectivity index (χ3n) is 9.68. The average molecular weight is 441 g/mol. The molecule has 4 saturated carbocycles. The van der Waals surface area contributed by atoms with Crippen LogP contribution in [0.5, 0.6) is 0 Å². The molecule has 4 fully saturated rings. The summed E-state index contributed by atoms with van der Waals surface area (Å²) in [5.74, 6) is 6.23. The Morgan fingerprint density at radius 2 is 1.81 bits per heavy atom. The summed E-state index contributed by atoms with van der Waals surface area (Å²) in [6.07, 6.45) is 11.8. The predicted octanol–water partition coefficient (Wildman–Crippen LogP) is 6.05. The van der Waals surface area contributed by atoms with Crippen molar-refractivity contribution in [3.8, 4) is 0 Å². The minimum absolute atomic E-state index is 0.545. The van der Waals surface area contributed by atoms with Crippen LogP contribution in [0.15, 0.2) is 0 Å². The van der Waals surface area contributed by atoms with Gasteiger partial charge >= 0.3 is 0 Å². The van der Waals surface area contributed by atoms with Gasteiger partial charge in [-0.25, -0.2) is 0 Å². The van der Waals surface area contributed by atoms with E-state index in [1.54, 1.807) is 0 Å². The van der Waals surface area contributed by atoms with Crippen molar-refractivity contribution in [3.05, 3.63) is 0 Å². The van der Waals surface area contributed by atoms with Gasteiger partial charge < -0.3 is 9.84 Å². The molecule has 27 heavy (non-hydrogen) atoms. The summed E-state index contributed by atoms with van der Waals surface area (Å²) < 4.78 is 5.62. The van der Waals surface area contributed by atoms with Gasteiger partial charge in [0.15, 0.2) is 0 Å². The van der Waals surface area contributed by atoms with Gasteiger partial charge in [-0.05, 0) is 112 Å². The molecule has 0 aromatic heterocycles. The molecule has 0 bridgehead atoms. The quantitative estimate of drug-likeness (QED) is 0.526. The molecule has 0 saturated heterocycles. The van der Waals surface area contributed by atoms with Gasteiger partial charge in [0, 0.05) is 11.9 Å². The molecule has 1 unspecified atom stereocenters. The van der Waals surface area contributed by atoms with Crippen LogP contribution in [-0.2, 0) is 4.74 Å². The number of hydrogen-bond acceptors (Lipinski definition) is 2. The van der Waals surface area contributed by atoms with Crippen molar-refractivity contribution in [2.24, 2.45) is 46.8 Å². The van der Waals surface area contributed by atoms with Crippen LogP contribution in [0.25, 0.3) is 0 Å². The summed E-state index contributed by atoms with van der Waals surface area (Å²) in [5.41, 5.74) is 0.0442. The first-order valence-electron chi connectivity index (χ1n) is 11.8. The molecule has 4 aliphatic rings. The first-order chi connectivity index (χ1) is 12.9. The highest BCUT2D eigenvalue weighted by atomic mass is 79.9. The van der Waals surface area contributed by atoms with Crippen molar-refractivity contribution in [2.75, 3.05) is 18.5 Å². The first-order valence-corrected chi connectivity index (χ1v) is 12.9. The van der Waals surface area contributed by atoms with Gasteiger partial charge in [0.05, 0.1) is 12.2 Å². The molecular weight excluding hydrogens is 400 g/mol. The Bertz CT molecular complexity index is 525. The number of halogens is 1. The van der Waals surface area contributed by atoms with E-state index in [1.807, 2.05) is 6.92 Å². The van der Waals surface area contributed by atoms with Gasteiger partial charge in [0.25, 0.3) is 0 Å². The zero-order valence-corrected chi connectivity index (χ0v) is 19.3. The molecule has 9 atom stereocenters. The fourth-order valence-electron chi connectivity index (χ4n) is 8.47. The van der Waals surface area contributed by atoms with Crippen LogP contribution in [0.1, 0.15) is 78.6 Å². The number of alkyl halides is 1. The largest absolute Gasteiger partial charge is 0.387 e. The average Bonchev–Trinajstić information content (AvgIpc) is 3.02. The second kappa shape index (κ2) is 7.91. The molecule has 0 amide bonds. The molecule has 0 aliphatic heterocycles. The lowest BCUT2D eigenvalue weighted by atomic mass is 9.48. The lowest BCUT2D eigenvalue weighted by Gasteiger charge is -2.57. The summed E-state index contributed by atoms with van der Waals surface area (Å²) in [7, 11) is 0. The highest BCUT2D eigenvalue weighted by molar-refractivity contribution is 9.09. The molecule has 1 N–H and O–H groups in total. The number of ether oxygens (including phenoxy) is 1. The van der Waals surface area contributed by atoms with Gasteiger partial charge in [-0.15, -0.1) is 0 Å². The number of hydrogen-bond donors (Lipinski definition) is 1. The van der Waals surface area contributed by atoms with Crippen LogP contribution in [0, 0.1) is 46.8 Å². The lowest BCUT2D eigenvalue weighted by molar-refractivity contribution is -0.129. The summed E-state index contributed by atoms with van der Waals surface area (Å²) in [4.78, 5) is 0. The second-order valence-electron chi connectivity index (χ2n) is 10.9. The molecule has 0 radical (unpaired) electrons. The molecule has 3 heteroatoms. The van der Waals surface area contributed by atoms with Gasteiger partial charge in [-0.1, -0.05) is 29.8 Å². The Labute approximate surface area is 175 Å². The first kappa shape index (κ1) is 20.7. The standard InChI is InChI=1S/C24H41BrO2/c1-4-27-15-24(26)12-10-18-17(13-24)5-6-20-19(18)9-11-23(3)21(16(2)14-25)7-8-22(20)23/h16-22,26H,4-15H2,1-3H3/t16?,17-,18+,19-,20-,21-,22+,23-,24-/m1/s1. The summed E-state index contributed by atoms with van der Waals surface area (Å²) in [6.45, 7) is 8.42. The Kier molecular flexibility index (Phi) is 6.05. The third kappa shape index (κ3) is 3.56. The van der Waals surface area contributed by atoms with Crippen LogP contribution < -0.4 is 0 Å². The van der Waals surface area contributed by atoms with E-state index >= 15 is 0 Å². The SMILES string of the molecule is CCOC[C@@]1(O)CC[C@H]2[C@H](CC[C@@H]3[C@@H]2CC[C@]2(C)[C@@H](C(C)CBr)CC[C@@H]32)C1. The van der Waals surface area contributed by atoms with E-state index in [0.717, 1.165) is 66.2 Å². The number of fused-ring (bicyclic) bond motifs is 5. The van der Waals surface area contributed by atoms with Gasteiger partial charge in [0.2, 0.25) is 0 Å². The predicted molar refractivity (Wildman–Crippen MR) is 115 cm³/mol. The molecule has 0 aromatic rings. The Morgan fingerprint density at radius 3 is 2.56 bits per heavy atom. The maximum absolute atomic E-state index is 11.0. The van der Waals surface area contributed by atoms with Crippen molar-refractivity contribution in [1.82, 2.24) is 0 Å². The second-order valence-corrected chi connectivity index (χ2v) is 11.5. The molecule has 2 nitrogen and oxygen atoms in total. The number of rotatable bonds is 5. The van der Waals surface area contributed by atoms with E-state index < -0.39 is 5.60 Å². The van der Waals surface area contributed by atoms with E-state index in [9.17, 15) is 5.11 Å². The summed E-state index contributed by atoms with van der Waals surface area (Å²) >= 11 is 3.77. The smallest absolute Gasteiger partial charge is 0.0883 e. The van der Waals surface area contributed by atoms with Crippen LogP contribution in [0.4, 0.5) is 0 Å². The Hall–Kier alpha value is 0.400. The van der Waals surface area contributed by atoms with Gasteiger partial charge in [-0.3, -0.25) is 0 Å². The van der Waals surface area contributed by atoms with E-state index in [2.05, 4.69) is 29.8 Å². The maximum atomic E-state index is 11.0. The van der Waals surface area contributed by atoms with Crippen LogP contribution in [0.2, 0.25) is 0 Å². The molecule has 156 valence electrons. The van der Waals surface area contributed by atoms with Crippen molar-refractivity contribution in [2.45, 2.75) is 84.2 Å². The Morgan fingerprint density at radius 1 is 1.04 bits per heavy atom. The van der Waals surface area contributed by atoms with Crippen LogP contribution in [-0.4, -0.2) is 29.3 Å². The van der Waals surface area contributed by atoms with Crippen molar-refractivity contribution in [1.29, 1.82) is 0 Å². The molecule has 0 heterocycles. The molecule has 4 aliphatic carbocycles. The van der Waals surface area contributed by atoms with E-state index in [1.165, 1.54) is 44.9 Å². The molecule has 4 rings (SSSR count). The summed E-state index contributed by atoms with van der Waals surface area (Å²) in [6, 6.07) is 0. The fourth-order valence-corrected chi connectivity index (χ4v) is 8.92. The van der Waals surface area contributed by atoms with Crippen LogP contribution >= 0.6 is 15.9 Å². The van der Waals surface area contributed by atoms with Gasteiger partial charge in [0.1, 0.15) is 0 Å². The van der Waals surface area contributed by atoms with Crippen molar-refractivity contribution in [3.63, 3.8) is 0 Å². The van der Waals surface area contributed by atoms with Crippen LogP contribution in [0.3, 0.4) is 0 Å². The zero-order valence-electron chi connectivity index (χ0n) is 17.8. The molecular formula is C24H41BrO2. The molecule has 0 spiro atoms. The number of aliphatic hydroxyl groups is 1. The normalized spacial score (nSPS) is 50.6. The monoisotopic (exact) mass is 440 g/mol. The van der Waals surface area contributed by atoms with Gasteiger partial charge in [-0.2, -0.15) is 0 Å².